The molecule has 2 aromatic carbocycles. The van der Waals surface area contributed by atoms with E-state index in [0.717, 1.165) is 6.42 Å². The summed E-state index contributed by atoms with van der Waals surface area (Å²) in [6.45, 7) is 0. The van der Waals surface area contributed by atoms with Gasteiger partial charge in [-0.15, -0.1) is 0 Å². The number of hydrazone groups is 1. The Morgan fingerprint density at radius 3 is 2.48 bits per heavy atom. The molecule has 1 heterocycles. The first kappa shape index (κ1) is 19.1. The van der Waals surface area contributed by atoms with Crippen LogP contribution < -0.4 is 10.6 Å². The quantitative estimate of drug-likeness (QED) is 0.481. The Bertz CT molecular complexity index is 1150. The van der Waals surface area contributed by atoms with Crippen molar-refractivity contribution in [2.24, 2.45) is 16.2 Å². The largest absolute Gasteiger partial charge is 0.455 e. The number of nitrogens with two attached hydrogens (primary N) is 1. The Kier molecular flexibility index (Phi) is 5.04. The van der Waals surface area contributed by atoms with Crippen LogP contribution in [0.1, 0.15) is 23.7 Å². The molecule has 148 valence electrons. The average Bonchev–Trinajstić information content (AvgIpc) is 3.39. The van der Waals surface area contributed by atoms with Crippen LogP contribution in [0.3, 0.4) is 0 Å². The number of furan rings is 1. The number of carbonyl (C=O) groups excluding carboxylic acids is 1. The lowest BCUT2D eigenvalue weighted by molar-refractivity contribution is -0.122. The van der Waals surface area contributed by atoms with E-state index in [2.05, 4.69) is 10.5 Å². The first-order valence-corrected chi connectivity index (χ1v) is 10.6. The lowest BCUT2D eigenvalue weighted by Crippen LogP contribution is -2.20. The molecule has 0 radical (unpaired) electrons. The molecule has 29 heavy (non-hydrogen) atoms. The Labute approximate surface area is 168 Å². The van der Waals surface area contributed by atoms with Crippen molar-refractivity contribution in [2.75, 3.05) is 0 Å². The molecule has 7 nitrogen and oxygen atoms in total. The smallest absolute Gasteiger partial charge is 0.243 e. The monoisotopic (exact) mass is 409 g/mol. The van der Waals surface area contributed by atoms with Gasteiger partial charge in [0.05, 0.1) is 11.1 Å². The molecule has 2 unspecified atom stereocenters. The Morgan fingerprint density at radius 2 is 1.79 bits per heavy atom. The maximum Gasteiger partial charge on any atom is 0.243 e. The minimum atomic E-state index is -3.73. The van der Waals surface area contributed by atoms with Crippen molar-refractivity contribution in [1.82, 2.24) is 5.43 Å². The number of amides is 1. The summed E-state index contributed by atoms with van der Waals surface area (Å²) in [4.78, 5) is 12.2. The van der Waals surface area contributed by atoms with Gasteiger partial charge in [0.15, 0.2) is 0 Å². The molecule has 1 amide bonds. The van der Waals surface area contributed by atoms with Crippen molar-refractivity contribution < 1.29 is 17.6 Å². The highest BCUT2D eigenvalue weighted by Gasteiger charge is 2.43. The first-order chi connectivity index (χ1) is 13.9. The zero-order valence-electron chi connectivity index (χ0n) is 15.4. The highest BCUT2D eigenvalue weighted by molar-refractivity contribution is 7.89. The van der Waals surface area contributed by atoms with Crippen LogP contribution in [0, 0.1) is 5.92 Å². The fourth-order valence-electron chi connectivity index (χ4n) is 3.18. The fraction of sp³-hybridized carbons (Fsp3) is 0.143. The Morgan fingerprint density at radius 1 is 1.07 bits per heavy atom. The van der Waals surface area contributed by atoms with Crippen molar-refractivity contribution in [2.45, 2.75) is 17.2 Å². The number of hydrogen-bond donors (Lipinski definition) is 2. The highest BCUT2D eigenvalue weighted by atomic mass is 32.2. The van der Waals surface area contributed by atoms with Crippen molar-refractivity contribution in [3.8, 4) is 11.3 Å². The van der Waals surface area contributed by atoms with Gasteiger partial charge in [-0.25, -0.2) is 19.0 Å². The number of nitrogens with one attached hydrogen (secondary N) is 1. The summed E-state index contributed by atoms with van der Waals surface area (Å²) in [5.41, 5.74) is 4.42. The van der Waals surface area contributed by atoms with E-state index in [1.165, 1.54) is 23.9 Å². The number of benzene rings is 2. The summed E-state index contributed by atoms with van der Waals surface area (Å²) in [5, 5.41) is 9.06. The molecule has 2 atom stereocenters. The summed E-state index contributed by atoms with van der Waals surface area (Å²) >= 11 is 0. The molecule has 1 aliphatic rings. The number of sulfonamides is 1. The predicted molar refractivity (Wildman–Crippen MR) is 109 cm³/mol. The number of rotatable bonds is 6. The average molecular weight is 409 g/mol. The third-order valence-corrected chi connectivity index (χ3v) is 5.74. The summed E-state index contributed by atoms with van der Waals surface area (Å²) in [6, 6.07) is 19.5. The van der Waals surface area contributed by atoms with E-state index in [1.54, 1.807) is 24.3 Å². The minimum Gasteiger partial charge on any atom is -0.455 e. The zero-order valence-corrected chi connectivity index (χ0v) is 16.2. The summed E-state index contributed by atoms with van der Waals surface area (Å²) in [6.07, 6.45) is 2.25. The van der Waals surface area contributed by atoms with E-state index < -0.39 is 10.0 Å². The van der Waals surface area contributed by atoms with E-state index in [4.69, 9.17) is 9.56 Å². The predicted octanol–water partition coefficient (Wildman–Crippen LogP) is 2.85. The highest BCUT2D eigenvalue weighted by Crippen LogP contribution is 2.47. The molecule has 0 aliphatic heterocycles. The van der Waals surface area contributed by atoms with Crippen molar-refractivity contribution in [3.63, 3.8) is 0 Å². The van der Waals surface area contributed by atoms with Gasteiger partial charge in [0.2, 0.25) is 15.9 Å². The van der Waals surface area contributed by atoms with Gasteiger partial charge in [-0.1, -0.05) is 30.3 Å². The van der Waals surface area contributed by atoms with Crippen LogP contribution in [0.2, 0.25) is 0 Å². The molecule has 0 saturated heterocycles. The van der Waals surface area contributed by atoms with E-state index in [1.807, 2.05) is 30.3 Å². The Hall–Kier alpha value is -3.23. The Balaban J connectivity index is 1.35. The number of hydrogen-bond acceptors (Lipinski definition) is 5. The van der Waals surface area contributed by atoms with Gasteiger partial charge < -0.3 is 4.42 Å². The molecule has 3 N–H and O–H groups in total. The molecule has 3 aromatic rings. The normalized spacial score (nSPS) is 18.7. The van der Waals surface area contributed by atoms with Crippen LogP contribution in [-0.4, -0.2) is 20.5 Å². The van der Waals surface area contributed by atoms with Gasteiger partial charge in [-0.3, -0.25) is 4.79 Å². The molecule has 1 saturated carbocycles. The van der Waals surface area contributed by atoms with Crippen molar-refractivity contribution in [3.05, 3.63) is 78.1 Å². The van der Waals surface area contributed by atoms with Crippen LogP contribution in [-0.2, 0) is 14.8 Å². The zero-order chi connectivity index (χ0) is 20.4. The van der Waals surface area contributed by atoms with Gasteiger partial charge in [0.1, 0.15) is 11.5 Å². The second-order valence-electron chi connectivity index (χ2n) is 6.87. The van der Waals surface area contributed by atoms with E-state index in [9.17, 15) is 13.2 Å². The maximum atomic E-state index is 12.2. The molecule has 4 rings (SSSR count). The standard InChI is InChI=1S/C21H19N3O4S/c22-29(26,27)17-9-6-15(7-10-17)20-11-8-16(28-20)13-23-24-21(25)19-12-18(19)14-4-2-1-3-5-14/h1-11,13,18-19H,12H2,(H,24,25)(H2,22,26,27). The summed E-state index contributed by atoms with van der Waals surface area (Å²) < 4.78 is 28.3. The third-order valence-electron chi connectivity index (χ3n) is 4.82. The van der Waals surface area contributed by atoms with Crippen molar-refractivity contribution >= 4 is 22.1 Å². The number of carbonyl (C=O) groups is 1. The van der Waals surface area contributed by atoms with Crippen LogP contribution in [0.15, 0.2) is 81.1 Å². The van der Waals surface area contributed by atoms with Crippen molar-refractivity contribution in [1.29, 1.82) is 0 Å². The topological polar surface area (TPSA) is 115 Å². The van der Waals surface area contributed by atoms with Crippen LogP contribution in [0.5, 0.6) is 0 Å². The molecular weight excluding hydrogens is 390 g/mol. The lowest BCUT2D eigenvalue weighted by Gasteiger charge is -2.00. The van der Waals surface area contributed by atoms with Gasteiger partial charge in [0.25, 0.3) is 0 Å². The van der Waals surface area contributed by atoms with E-state index >= 15 is 0 Å². The SMILES string of the molecule is NS(=O)(=O)c1ccc(-c2ccc(C=NNC(=O)C3CC3c3ccccc3)o2)cc1. The second kappa shape index (κ2) is 7.65. The fourth-order valence-corrected chi connectivity index (χ4v) is 3.70. The van der Waals surface area contributed by atoms with Crippen LogP contribution >= 0.6 is 0 Å². The van der Waals surface area contributed by atoms with Crippen LogP contribution in [0.4, 0.5) is 0 Å². The first-order valence-electron chi connectivity index (χ1n) is 9.03. The molecule has 1 aliphatic carbocycles. The molecule has 1 aromatic heterocycles. The molecule has 0 spiro atoms. The van der Waals surface area contributed by atoms with Gasteiger partial charge in [-0.05, 0) is 54.3 Å². The second-order valence-corrected chi connectivity index (χ2v) is 8.43. The van der Waals surface area contributed by atoms with Gasteiger partial charge >= 0.3 is 0 Å². The van der Waals surface area contributed by atoms with Gasteiger partial charge in [-0.2, -0.15) is 5.10 Å². The number of primary sulfonamides is 1. The molecular formula is C21H19N3O4S. The summed E-state index contributed by atoms with van der Waals surface area (Å²) in [5.74, 6) is 1.10. The van der Waals surface area contributed by atoms with Gasteiger partial charge in [0, 0.05) is 11.5 Å². The lowest BCUT2D eigenvalue weighted by atomic mass is 10.1. The maximum absolute atomic E-state index is 12.2. The number of nitrogens with zero attached hydrogens (tertiary/aromatic N) is 1. The molecule has 0 bridgehead atoms. The minimum absolute atomic E-state index is 0.0335. The summed E-state index contributed by atoms with van der Waals surface area (Å²) in [7, 11) is -3.73. The van der Waals surface area contributed by atoms with Crippen LogP contribution in [0.25, 0.3) is 11.3 Å². The molecule has 1 fully saturated rings. The third kappa shape index (κ3) is 4.44. The molecule has 8 heteroatoms. The van der Waals surface area contributed by atoms with E-state index in [-0.39, 0.29) is 22.6 Å². The van der Waals surface area contributed by atoms with E-state index in [0.29, 0.717) is 17.1 Å².